The summed E-state index contributed by atoms with van der Waals surface area (Å²) in [5.41, 5.74) is 0.997. The first kappa shape index (κ1) is 18.5. The monoisotopic (exact) mass is 332 g/mol. The molecule has 2 atom stereocenters. The molecule has 1 unspecified atom stereocenters. The SMILES string of the molecule is COC(=O)[C@H](Cc1ccccc1)NC(=O)CC(C)N1CCCCC1. The number of hydrogen-bond acceptors (Lipinski definition) is 4. The van der Waals surface area contributed by atoms with Crippen LogP contribution >= 0.6 is 0 Å². The molecule has 0 saturated carbocycles. The Balaban J connectivity index is 1.90. The second-order valence-electron chi connectivity index (χ2n) is 6.48. The van der Waals surface area contributed by atoms with Crippen LogP contribution in [0.25, 0.3) is 0 Å². The molecule has 1 aromatic carbocycles. The third-order valence-electron chi connectivity index (χ3n) is 4.60. The average molecular weight is 332 g/mol. The van der Waals surface area contributed by atoms with Crippen LogP contribution in [0.15, 0.2) is 30.3 Å². The van der Waals surface area contributed by atoms with Crippen molar-refractivity contribution in [1.82, 2.24) is 10.2 Å². The lowest BCUT2D eigenvalue weighted by molar-refractivity contribution is -0.145. The van der Waals surface area contributed by atoms with Crippen LogP contribution < -0.4 is 5.32 Å². The molecule has 0 spiro atoms. The number of benzene rings is 1. The van der Waals surface area contributed by atoms with E-state index in [-0.39, 0.29) is 11.9 Å². The van der Waals surface area contributed by atoms with Gasteiger partial charge in [-0.15, -0.1) is 0 Å². The molecular weight excluding hydrogens is 304 g/mol. The van der Waals surface area contributed by atoms with E-state index in [1.54, 1.807) is 0 Å². The number of carbonyl (C=O) groups excluding carboxylic acids is 2. The Kier molecular flexibility index (Phi) is 7.25. The summed E-state index contributed by atoms with van der Waals surface area (Å²) in [4.78, 5) is 26.7. The van der Waals surface area contributed by atoms with Crippen LogP contribution in [0.5, 0.6) is 0 Å². The number of carbonyl (C=O) groups is 2. The van der Waals surface area contributed by atoms with Crippen LogP contribution in [0, 0.1) is 0 Å². The average Bonchev–Trinajstić information content (AvgIpc) is 2.62. The van der Waals surface area contributed by atoms with E-state index in [4.69, 9.17) is 4.74 Å². The first-order valence-corrected chi connectivity index (χ1v) is 8.75. The Hall–Kier alpha value is -1.88. The highest BCUT2D eigenvalue weighted by Crippen LogP contribution is 2.14. The van der Waals surface area contributed by atoms with Gasteiger partial charge < -0.3 is 15.0 Å². The largest absolute Gasteiger partial charge is 0.467 e. The van der Waals surface area contributed by atoms with E-state index in [1.165, 1.54) is 26.4 Å². The normalized spacial score (nSPS) is 17.8. The Morgan fingerprint density at radius 3 is 2.46 bits per heavy atom. The number of amides is 1. The number of methoxy groups -OCH3 is 1. The molecule has 5 heteroatoms. The Morgan fingerprint density at radius 2 is 1.83 bits per heavy atom. The van der Waals surface area contributed by atoms with Crippen molar-refractivity contribution in [2.24, 2.45) is 0 Å². The number of nitrogens with one attached hydrogen (secondary N) is 1. The molecule has 1 aromatic rings. The van der Waals surface area contributed by atoms with E-state index in [2.05, 4.69) is 17.1 Å². The van der Waals surface area contributed by atoms with Gasteiger partial charge in [-0.05, 0) is 38.4 Å². The summed E-state index contributed by atoms with van der Waals surface area (Å²) < 4.78 is 4.84. The van der Waals surface area contributed by atoms with Crippen LogP contribution in [-0.4, -0.2) is 49.1 Å². The van der Waals surface area contributed by atoms with E-state index < -0.39 is 12.0 Å². The standard InChI is InChI=1S/C19H28N2O3/c1-15(21-11-7-4-8-12-21)13-18(22)20-17(19(23)24-2)14-16-9-5-3-6-10-16/h3,5-6,9-10,15,17H,4,7-8,11-14H2,1-2H3,(H,20,22)/t15?,17-/m0/s1. The fraction of sp³-hybridized carbons (Fsp3) is 0.579. The Morgan fingerprint density at radius 1 is 1.17 bits per heavy atom. The predicted molar refractivity (Wildman–Crippen MR) is 93.6 cm³/mol. The van der Waals surface area contributed by atoms with Gasteiger partial charge in [-0.2, -0.15) is 0 Å². The molecule has 5 nitrogen and oxygen atoms in total. The molecule has 0 bridgehead atoms. The quantitative estimate of drug-likeness (QED) is 0.777. The number of rotatable bonds is 7. The van der Waals surface area contributed by atoms with Crippen molar-refractivity contribution in [2.45, 2.75) is 51.1 Å². The minimum Gasteiger partial charge on any atom is -0.467 e. The molecule has 24 heavy (non-hydrogen) atoms. The van der Waals surface area contributed by atoms with Gasteiger partial charge in [-0.1, -0.05) is 36.8 Å². The molecule has 0 aliphatic carbocycles. The number of piperidine rings is 1. The van der Waals surface area contributed by atoms with Crippen molar-refractivity contribution in [2.75, 3.05) is 20.2 Å². The van der Waals surface area contributed by atoms with Gasteiger partial charge >= 0.3 is 5.97 Å². The van der Waals surface area contributed by atoms with Gasteiger partial charge in [0, 0.05) is 18.9 Å². The third-order valence-corrected chi connectivity index (χ3v) is 4.60. The minimum absolute atomic E-state index is 0.0978. The summed E-state index contributed by atoms with van der Waals surface area (Å²) in [7, 11) is 1.35. The molecule has 1 saturated heterocycles. The van der Waals surface area contributed by atoms with Gasteiger partial charge in [0.25, 0.3) is 0 Å². The highest BCUT2D eigenvalue weighted by atomic mass is 16.5. The molecular formula is C19H28N2O3. The van der Waals surface area contributed by atoms with Crippen molar-refractivity contribution in [3.63, 3.8) is 0 Å². The van der Waals surface area contributed by atoms with E-state index in [0.29, 0.717) is 12.8 Å². The number of esters is 1. The third kappa shape index (κ3) is 5.64. The molecule has 1 heterocycles. The topological polar surface area (TPSA) is 58.6 Å². The fourth-order valence-corrected chi connectivity index (χ4v) is 3.20. The first-order chi connectivity index (χ1) is 11.6. The minimum atomic E-state index is -0.640. The second-order valence-corrected chi connectivity index (χ2v) is 6.48. The number of likely N-dealkylation sites (tertiary alicyclic amines) is 1. The van der Waals surface area contributed by atoms with Crippen LogP contribution in [0.2, 0.25) is 0 Å². The smallest absolute Gasteiger partial charge is 0.328 e. The zero-order valence-electron chi connectivity index (χ0n) is 14.7. The van der Waals surface area contributed by atoms with Gasteiger partial charge in [0.15, 0.2) is 0 Å². The highest BCUT2D eigenvalue weighted by Gasteiger charge is 2.24. The summed E-state index contributed by atoms with van der Waals surface area (Å²) >= 11 is 0. The summed E-state index contributed by atoms with van der Waals surface area (Å²) in [6, 6.07) is 9.21. The first-order valence-electron chi connectivity index (χ1n) is 8.75. The maximum atomic E-state index is 12.4. The van der Waals surface area contributed by atoms with Crippen LogP contribution in [0.4, 0.5) is 0 Å². The molecule has 1 aliphatic rings. The molecule has 0 aromatic heterocycles. The van der Waals surface area contributed by atoms with E-state index in [9.17, 15) is 9.59 Å². The maximum Gasteiger partial charge on any atom is 0.328 e. The maximum absolute atomic E-state index is 12.4. The van der Waals surface area contributed by atoms with Crippen molar-refractivity contribution in [3.8, 4) is 0 Å². The zero-order valence-corrected chi connectivity index (χ0v) is 14.7. The molecule has 1 amide bonds. The molecule has 1 aliphatic heterocycles. The summed E-state index contributed by atoms with van der Waals surface area (Å²) in [6.45, 7) is 4.19. The molecule has 1 N–H and O–H groups in total. The van der Waals surface area contributed by atoms with Crippen LogP contribution in [0.3, 0.4) is 0 Å². The van der Waals surface area contributed by atoms with Gasteiger partial charge in [-0.25, -0.2) is 4.79 Å². The summed E-state index contributed by atoms with van der Waals surface area (Å²) in [5.74, 6) is -0.503. The van der Waals surface area contributed by atoms with Crippen molar-refractivity contribution in [3.05, 3.63) is 35.9 Å². The summed E-state index contributed by atoms with van der Waals surface area (Å²) in [5, 5.41) is 2.85. The van der Waals surface area contributed by atoms with Gasteiger partial charge in [0.2, 0.25) is 5.91 Å². The van der Waals surface area contributed by atoms with Crippen LogP contribution in [0.1, 0.15) is 38.2 Å². The highest BCUT2D eigenvalue weighted by molar-refractivity contribution is 5.84. The van der Waals surface area contributed by atoms with Crippen molar-refractivity contribution in [1.29, 1.82) is 0 Å². The molecule has 132 valence electrons. The molecule has 2 rings (SSSR count). The van der Waals surface area contributed by atoms with Gasteiger partial charge in [-0.3, -0.25) is 4.79 Å². The van der Waals surface area contributed by atoms with Crippen LogP contribution in [-0.2, 0) is 20.7 Å². The van der Waals surface area contributed by atoms with Gasteiger partial charge in [0.05, 0.1) is 7.11 Å². The number of nitrogens with zero attached hydrogens (tertiary/aromatic N) is 1. The van der Waals surface area contributed by atoms with Crippen molar-refractivity contribution >= 4 is 11.9 Å². The summed E-state index contributed by atoms with van der Waals surface area (Å²) in [6.07, 6.45) is 4.52. The van der Waals surface area contributed by atoms with E-state index >= 15 is 0 Å². The lowest BCUT2D eigenvalue weighted by Gasteiger charge is -2.32. The second kappa shape index (κ2) is 9.42. The lowest BCUT2D eigenvalue weighted by Crippen LogP contribution is -2.46. The van der Waals surface area contributed by atoms with E-state index in [0.717, 1.165) is 18.7 Å². The zero-order chi connectivity index (χ0) is 17.4. The van der Waals surface area contributed by atoms with E-state index in [1.807, 2.05) is 30.3 Å². The predicted octanol–water partition coefficient (Wildman–Crippen LogP) is 2.15. The molecule has 0 radical (unpaired) electrons. The van der Waals surface area contributed by atoms with Crippen molar-refractivity contribution < 1.29 is 14.3 Å². The Bertz CT molecular complexity index is 527. The molecule has 1 fully saturated rings. The number of ether oxygens (including phenoxy) is 1. The van der Waals surface area contributed by atoms with Gasteiger partial charge in [0.1, 0.15) is 6.04 Å². The lowest BCUT2D eigenvalue weighted by atomic mass is 10.0. The fourth-order valence-electron chi connectivity index (χ4n) is 3.20. The Labute approximate surface area is 144 Å². The number of hydrogen-bond donors (Lipinski definition) is 1.